The second-order valence-corrected chi connectivity index (χ2v) is 8.02. The van der Waals surface area contributed by atoms with Gasteiger partial charge in [0.1, 0.15) is 4.90 Å². The van der Waals surface area contributed by atoms with E-state index in [2.05, 4.69) is 4.90 Å². The van der Waals surface area contributed by atoms with Gasteiger partial charge in [-0.1, -0.05) is 12.1 Å². The molecule has 0 amide bonds. The van der Waals surface area contributed by atoms with Crippen molar-refractivity contribution in [2.45, 2.75) is 24.7 Å². The van der Waals surface area contributed by atoms with Crippen molar-refractivity contribution in [1.29, 1.82) is 0 Å². The van der Waals surface area contributed by atoms with Gasteiger partial charge in [0.15, 0.2) is 0 Å². The molecule has 0 bridgehead atoms. The molecule has 5 nitrogen and oxygen atoms in total. The van der Waals surface area contributed by atoms with Crippen molar-refractivity contribution in [2.75, 3.05) is 38.5 Å². The van der Waals surface area contributed by atoms with E-state index in [1.54, 1.807) is 29.4 Å². The first-order valence-corrected chi connectivity index (χ1v) is 9.00. The molecule has 2 fully saturated rings. The molecule has 6 heteroatoms. The van der Waals surface area contributed by atoms with Crippen LogP contribution in [0.25, 0.3) is 0 Å². The highest BCUT2D eigenvalue weighted by atomic mass is 32.2. The third-order valence-corrected chi connectivity index (χ3v) is 6.50. The average Bonchev–Trinajstić information content (AvgIpc) is 3.23. The lowest BCUT2D eigenvalue weighted by atomic mass is 10.2. The average molecular weight is 309 g/mol. The summed E-state index contributed by atoms with van der Waals surface area (Å²) >= 11 is 0. The molecule has 1 saturated heterocycles. The van der Waals surface area contributed by atoms with Gasteiger partial charge in [0.2, 0.25) is 10.0 Å². The molecule has 1 aliphatic heterocycles. The molecule has 1 aromatic rings. The van der Waals surface area contributed by atoms with E-state index < -0.39 is 10.0 Å². The molecule has 0 radical (unpaired) electrons. The lowest BCUT2D eigenvalue weighted by molar-refractivity contribution is 0.182. The summed E-state index contributed by atoms with van der Waals surface area (Å²) in [6.45, 7) is 5.68. The number of piperazine rings is 1. The van der Waals surface area contributed by atoms with E-state index in [1.807, 2.05) is 0 Å². The van der Waals surface area contributed by atoms with E-state index >= 15 is 0 Å². The quantitative estimate of drug-likeness (QED) is 0.851. The Kier molecular flexibility index (Phi) is 3.94. The maximum atomic E-state index is 12.8. The molecule has 0 atom stereocenters. The lowest BCUT2D eigenvalue weighted by Crippen LogP contribution is -2.49. The number of nitrogens with two attached hydrogens (primary N) is 1. The number of nitrogens with zero attached hydrogens (tertiary/aromatic N) is 2. The Labute approximate surface area is 126 Å². The van der Waals surface area contributed by atoms with Gasteiger partial charge in [-0.05, 0) is 37.3 Å². The minimum atomic E-state index is -3.48. The van der Waals surface area contributed by atoms with Crippen molar-refractivity contribution in [1.82, 2.24) is 9.21 Å². The van der Waals surface area contributed by atoms with E-state index in [0.29, 0.717) is 18.8 Å². The Morgan fingerprint density at radius 3 is 2.43 bits per heavy atom. The van der Waals surface area contributed by atoms with E-state index in [1.165, 1.54) is 12.8 Å². The lowest BCUT2D eigenvalue weighted by Gasteiger charge is -2.34. The highest BCUT2D eigenvalue weighted by molar-refractivity contribution is 7.89. The second-order valence-electron chi connectivity index (χ2n) is 6.14. The Morgan fingerprint density at radius 2 is 1.86 bits per heavy atom. The Hall–Kier alpha value is -1.11. The number of nitrogen functional groups attached to an aromatic ring is 1. The number of hydrogen-bond acceptors (Lipinski definition) is 4. The molecule has 0 unspecified atom stereocenters. The van der Waals surface area contributed by atoms with Gasteiger partial charge in [0.25, 0.3) is 0 Å². The fraction of sp³-hybridized carbons (Fsp3) is 0.600. The summed E-state index contributed by atoms with van der Waals surface area (Å²) in [7, 11) is -3.48. The molecule has 0 spiro atoms. The Balaban J connectivity index is 1.74. The minimum absolute atomic E-state index is 0.278. The molecular weight excluding hydrogens is 286 g/mol. The van der Waals surface area contributed by atoms with Crippen molar-refractivity contribution in [3.8, 4) is 0 Å². The normalized spacial score (nSPS) is 21.6. The van der Waals surface area contributed by atoms with E-state index in [-0.39, 0.29) is 4.90 Å². The van der Waals surface area contributed by atoms with Gasteiger partial charge in [-0.25, -0.2) is 8.42 Å². The smallest absolute Gasteiger partial charge is 0.245 e. The van der Waals surface area contributed by atoms with Crippen molar-refractivity contribution in [2.24, 2.45) is 5.92 Å². The SMILES string of the molecule is Cc1cccc(N)c1S(=O)(=O)N1CCN(CC2CC2)CC1. The topological polar surface area (TPSA) is 66.6 Å². The highest BCUT2D eigenvalue weighted by Crippen LogP contribution is 2.31. The van der Waals surface area contributed by atoms with Crippen LogP contribution in [-0.4, -0.2) is 50.3 Å². The van der Waals surface area contributed by atoms with Gasteiger partial charge in [-0.15, -0.1) is 0 Å². The zero-order valence-electron chi connectivity index (χ0n) is 12.5. The standard InChI is InChI=1S/C15H23N3O2S/c1-12-3-2-4-14(16)15(12)21(19,20)18-9-7-17(8-10-18)11-13-5-6-13/h2-4,13H,5-11,16H2,1H3. The van der Waals surface area contributed by atoms with Crippen LogP contribution in [0.4, 0.5) is 5.69 Å². The molecule has 3 rings (SSSR count). The van der Waals surface area contributed by atoms with Gasteiger partial charge in [-0.2, -0.15) is 4.31 Å². The molecule has 1 saturated carbocycles. The van der Waals surface area contributed by atoms with Crippen molar-refractivity contribution in [3.05, 3.63) is 23.8 Å². The second kappa shape index (κ2) is 5.59. The Bertz CT molecular complexity index is 598. The zero-order valence-corrected chi connectivity index (χ0v) is 13.3. The fourth-order valence-corrected chi connectivity index (χ4v) is 4.72. The predicted molar refractivity (Wildman–Crippen MR) is 83.5 cm³/mol. The van der Waals surface area contributed by atoms with Crippen LogP contribution in [0.15, 0.2) is 23.1 Å². The molecule has 2 N–H and O–H groups in total. The monoisotopic (exact) mass is 309 g/mol. The number of sulfonamides is 1. The van der Waals surface area contributed by atoms with Crippen LogP contribution in [0.2, 0.25) is 0 Å². The van der Waals surface area contributed by atoms with E-state index in [0.717, 1.165) is 31.1 Å². The minimum Gasteiger partial charge on any atom is -0.398 e. The third kappa shape index (κ3) is 3.07. The van der Waals surface area contributed by atoms with Crippen LogP contribution >= 0.6 is 0 Å². The van der Waals surface area contributed by atoms with Crippen LogP contribution in [0.1, 0.15) is 18.4 Å². The largest absolute Gasteiger partial charge is 0.398 e. The summed E-state index contributed by atoms with van der Waals surface area (Å²) in [5, 5.41) is 0. The van der Waals surface area contributed by atoms with Gasteiger partial charge in [-0.3, -0.25) is 0 Å². The van der Waals surface area contributed by atoms with Gasteiger partial charge < -0.3 is 10.6 Å². The number of benzene rings is 1. The summed E-state index contributed by atoms with van der Waals surface area (Å²) < 4.78 is 27.2. The van der Waals surface area contributed by atoms with Crippen LogP contribution in [-0.2, 0) is 10.0 Å². The summed E-state index contributed by atoms with van der Waals surface area (Å²) in [6, 6.07) is 5.24. The zero-order chi connectivity index (χ0) is 15.0. The van der Waals surface area contributed by atoms with Gasteiger partial charge in [0.05, 0.1) is 5.69 Å². The summed E-state index contributed by atoms with van der Waals surface area (Å²) in [5.41, 5.74) is 6.96. The van der Waals surface area contributed by atoms with Crippen molar-refractivity contribution < 1.29 is 8.42 Å². The summed E-state index contributed by atoms with van der Waals surface area (Å²) in [4.78, 5) is 2.66. The van der Waals surface area contributed by atoms with Crippen LogP contribution < -0.4 is 5.73 Å². The van der Waals surface area contributed by atoms with Gasteiger partial charge >= 0.3 is 0 Å². The number of hydrogen-bond donors (Lipinski definition) is 1. The molecule has 0 aromatic heterocycles. The first kappa shape index (κ1) is 14.8. The van der Waals surface area contributed by atoms with Crippen molar-refractivity contribution >= 4 is 15.7 Å². The molecule has 116 valence electrons. The molecule has 1 heterocycles. The van der Waals surface area contributed by atoms with Crippen molar-refractivity contribution in [3.63, 3.8) is 0 Å². The predicted octanol–water partition coefficient (Wildman–Crippen LogP) is 1.29. The number of rotatable bonds is 4. The van der Waals surface area contributed by atoms with E-state index in [4.69, 9.17) is 5.73 Å². The fourth-order valence-electron chi connectivity index (χ4n) is 2.97. The van der Waals surface area contributed by atoms with Crippen LogP contribution in [0.5, 0.6) is 0 Å². The number of anilines is 1. The first-order chi connectivity index (χ1) is 9.98. The molecule has 2 aliphatic rings. The highest BCUT2D eigenvalue weighted by Gasteiger charge is 2.32. The first-order valence-electron chi connectivity index (χ1n) is 7.56. The summed E-state index contributed by atoms with van der Waals surface area (Å²) in [6.07, 6.45) is 2.66. The third-order valence-electron chi connectivity index (χ3n) is 4.38. The van der Waals surface area contributed by atoms with Gasteiger partial charge in [0, 0.05) is 32.7 Å². The van der Waals surface area contributed by atoms with E-state index in [9.17, 15) is 8.42 Å². The van der Waals surface area contributed by atoms with Crippen LogP contribution in [0.3, 0.4) is 0 Å². The maximum absolute atomic E-state index is 12.8. The number of aryl methyl sites for hydroxylation is 1. The molecular formula is C15H23N3O2S. The Morgan fingerprint density at radius 1 is 1.19 bits per heavy atom. The molecule has 1 aromatic carbocycles. The van der Waals surface area contributed by atoms with Crippen LogP contribution in [0, 0.1) is 12.8 Å². The molecule has 1 aliphatic carbocycles. The summed E-state index contributed by atoms with van der Waals surface area (Å²) in [5.74, 6) is 0.847. The molecule has 21 heavy (non-hydrogen) atoms. The maximum Gasteiger partial charge on any atom is 0.245 e.